The van der Waals surface area contributed by atoms with Crippen molar-refractivity contribution in [2.75, 3.05) is 29.5 Å². The van der Waals surface area contributed by atoms with Gasteiger partial charge >= 0.3 is 0 Å². The molecule has 1 aromatic heterocycles. The molecule has 0 radical (unpaired) electrons. The molecule has 7 nitrogen and oxygen atoms in total. The Morgan fingerprint density at radius 3 is 2.50 bits per heavy atom. The maximum absolute atomic E-state index is 11.5. The van der Waals surface area contributed by atoms with Crippen LogP contribution in [0.2, 0.25) is 0 Å². The smallest absolute Gasteiger partial charge is 0.239 e. The topological polar surface area (TPSA) is 105 Å². The summed E-state index contributed by atoms with van der Waals surface area (Å²) in [5.41, 5.74) is 5.57. The molecule has 0 saturated carbocycles. The molecule has 0 fully saturated rings. The number of carbonyl (C=O) groups is 1. The zero-order chi connectivity index (χ0) is 13.5. The molecule has 1 heterocycles. The molecule has 0 bridgehead atoms. The predicted octanol–water partition coefficient (Wildman–Crippen LogP) is 0.427. The van der Waals surface area contributed by atoms with E-state index in [1.165, 1.54) is 0 Å². The van der Waals surface area contributed by atoms with Gasteiger partial charge in [0.05, 0.1) is 6.54 Å². The fourth-order valence-corrected chi connectivity index (χ4v) is 1.37. The van der Waals surface area contributed by atoms with Crippen LogP contribution in [0.25, 0.3) is 0 Å². The van der Waals surface area contributed by atoms with Crippen LogP contribution >= 0.6 is 0 Å². The fraction of sp³-hybridized carbons (Fsp3) is 0.545. The second kappa shape index (κ2) is 6.63. The van der Waals surface area contributed by atoms with Crippen LogP contribution in [0.3, 0.4) is 0 Å². The van der Waals surface area contributed by atoms with Crippen LogP contribution in [-0.4, -0.2) is 35.0 Å². The zero-order valence-electron chi connectivity index (χ0n) is 10.9. The van der Waals surface area contributed by atoms with Gasteiger partial charge in [0, 0.05) is 18.7 Å². The number of nitrogens with one attached hydrogen (secondary N) is 3. The van der Waals surface area contributed by atoms with Gasteiger partial charge in [0.25, 0.3) is 0 Å². The van der Waals surface area contributed by atoms with Gasteiger partial charge in [-0.1, -0.05) is 0 Å². The zero-order valence-corrected chi connectivity index (χ0v) is 10.9. The maximum Gasteiger partial charge on any atom is 0.239 e. The summed E-state index contributed by atoms with van der Waals surface area (Å²) < 4.78 is 0. The third-order valence-electron chi connectivity index (χ3n) is 1.98. The van der Waals surface area contributed by atoms with E-state index in [9.17, 15) is 4.79 Å². The van der Waals surface area contributed by atoms with E-state index in [1.807, 2.05) is 20.8 Å². The molecule has 7 heteroatoms. The minimum Gasteiger partial charge on any atom is -0.370 e. The third-order valence-corrected chi connectivity index (χ3v) is 1.98. The average Bonchev–Trinajstić information content (AvgIpc) is 2.25. The standard InChI is InChI=1S/C11H20N6O/c1-4-13-8-5-9(17-11(12)16-8)14-6-10(18)15-7(2)3/h5,7H,4,6H2,1-3H3,(H,15,18)(H4,12,13,14,16,17). The van der Waals surface area contributed by atoms with E-state index >= 15 is 0 Å². The third kappa shape index (κ3) is 4.86. The molecule has 0 saturated heterocycles. The quantitative estimate of drug-likeness (QED) is 0.585. The van der Waals surface area contributed by atoms with Gasteiger partial charge in [-0.25, -0.2) is 0 Å². The van der Waals surface area contributed by atoms with Crippen molar-refractivity contribution in [3.05, 3.63) is 6.07 Å². The van der Waals surface area contributed by atoms with Crippen molar-refractivity contribution in [2.24, 2.45) is 0 Å². The van der Waals surface area contributed by atoms with E-state index in [-0.39, 0.29) is 24.4 Å². The number of anilines is 3. The maximum atomic E-state index is 11.5. The van der Waals surface area contributed by atoms with E-state index in [2.05, 4.69) is 25.9 Å². The number of nitrogens with two attached hydrogens (primary N) is 1. The number of aromatic nitrogens is 2. The van der Waals surface area contributed by atoms with Gasteiger partial charge in [0.2, 0.25) is 11.9 Å². The Hall–Kier alpha value is -2.05. The molecule has 5 N–H and O–H groups in total. The predicted molar refractivity (Wildman–Crippen MR) is 72.4 cm³/mol. The van der Waals surface area contributed by atoms with Gasteiger partial charge in [-0.15, -0.1) is 0 Å². The van der Waals surface area contributed by atoms with Crippen molar-refractivity contribution >= 4 is 23.5 Å². The summed E-state index contributed by atoms with van der Waals surface area (Å²) >= 11 is 0. The van der Waals surface area contributed by atoms with Crippen LogP contribution in [0.4, 0.5) is 17.6 Å². The van der Waals surface area contributed by atoms with Gasteiger partial charge < -0.3 is 21.7 Å². The Morgan fingerprint density at radius 1 is 1.33 bits per heavy atom. The lowest BCUT2D eigenvalue weighted by atomic mass is 10.4. The molecule has 0 aliphatic heterocycles. The largest absolute Gasteiger partial charge is 0.370 e. The second-order valence-corrected chi connectivity index (χ2v) is 4.10. The van der Waals surface area contributed by atoms with Crippen LogP contribution in [-0.2, 0) is 4.79 Å². The lowest BCUT2D eigenvalue weighted by molar-refractivity contribution is -0.119. The van der Waals surface area contributed by atoms with E-state index in [1.54, 1.807) is 6.07 Å². The lowest BCUT2D eigenvalue weighted by Crippen LogP contribution is -2.35. The summed E-state index contributed by atoms with van der Waals surface area (Å²) in [6.07, 6.45) is 0. The number of amides is 1. The molecule has 0 spiro atoms. The van der Waals surface area contributed by atoms with Crippen LogP contribution in [0.5, 0.6) is 0 Å². The first kappa shape index (κ1) is 14.0. The minimum atomic E-state index is -0.0906. The molecule has 1 rings (SSSR count). The van der Waals surface area contributed by atoms with Crippen molar-refractivity contribution in [1.82, 2.24) is 15.3 Å². The SMILES string of the molecule is CCNc1cc(NCC(=O)NC(C)C)nc(N)n1. The van der Waals surface area contributed by atoms with Crippen LogP contribution < -0.4 is 21.7 Å². The molecule has 0 aromatic carbocycles. The molecule has 1 aromatic rings. The highest BCUT2D eigenvalue weighted by atomic mass is 16.1. The minimum absolute atomic E-state index is 0.0906. The Balaban J connectivity index is 2.58. The van der Waals surface area contributed by atoms with Gasteiger partial charge in [0.15, 0.2) is 0 Å². The molecule has 100 valence electrons. The van der Waals surface area contributed by atoms with Crippen molar-refractivity contribution in [3.8, 4) is 0 Å². The summed E-state index contributed by atoms with van der Waals surface area (Å²) in [6.45, 7) is 6.67. The first-order valence-corrected chi connectivity index (χ1v) is 5.93. The lowest BCUT2D eigenvalue weighted by Gasteiger charge is -2.11. The van der Waals surface area contributed by atoms with Gasteiger partial charge in [0.1, 0.15) is 11.6 Å². The number of nitrogen functional groups attached to an aromatic ring is 1. The van der Waals surface area contributed by atoms with Crippen molar-refractivity contribution < 1.29 is 4.79 Å². The summed E-state index contributed by atoms with van der Waals surface area (Å²) in [5.74, 6) is 1.24. The Morgan fingerprint density at radius 2 is 1.94 bits per heavy atom. The molecule has 0 atom stereocenters. The average molecular weight is 252 g/mol. The van der Waals surface area contributed by atoms with Crippen molar-refractivity contribution in [3.63, 3.8) is 0 Å². The van der Waals surface area contributed by atoms with Crippen LogP contribution in [0.15, 0.2) is 6.07 Å². The fourth-order valence-electron chi connectivity index (χ4n) is 1.37. The van der Waals surface area contributed by atoms with E-state index in [4.69, 9.17) is 5.73 Å². The molecular weight excluding hydrogens is 232 g/mol. The number of hydrogen-bond acceptors (Lipinski definition) is 6. The summed E-state index contributed by atoms with van der Waals surface area (Å²) in [7, 11) is 0. The highest BCUT2D eigenvalue weighted by Crippen LogP contribution is 2.11. The number of rotatable bonds is 6. The molecule has 0 unspecified atom stereocenters. The van der Waals surface area contributed by atoms with E-state index in [0.29, 0.717) is 11.6 Å². The second-order valence-electron chi connectivity index (χ2n) is 4.10. The Bertz CT molecular complexity index is 407. The first-order chi connectivity index (χ1) is 8.51. The van der Waals surface area contributed by atoms with Gasteiger partial charge in [-0.3, -0.25) is 4.79 Å². The molecule has 0 aliphatic rings. The summed E-state index contributed by atoms with van der Waals surface area (Å²) in [5, 5.41) is 8.72. The molecular formula is C11H20N6O. The van der Waals surface area contributed by atoms with Crippen molar-refractivity contribution in [2.45, 2.75) is 26.8 Å². The summed E-state index contributed by atoms with van der Waals surface area (Å²) in [4.78, 5) is 19.5. The van der Waals surface area contributed by atoms with E-state index < -0.39 is 0 Å². The Labute approximate surface area is 107 Å². The monoisotopic (exact) mass is 252 g/mol. The van der Waals surface area contributed by atoms with Crippen molar-refractivity contribution in [1.29, 1.82) is 0 Å². The highest BCUT2D eigenvalue weighted by molar-refractivity contribution is 5.80. The number of hydrogen-bond donors (Lipinski definition) is 4. The number of carbonyl (C=O) groups excluding carboxylic acids is 1. The number of nitrogens with zero attached hydrogens (tertiary/aromatic N) is 2. The first-order valence-electron chi connectivity index (χ1n) is 5.93. The van der Waals surface area contributed by atoms with Crippen LogP contribution in [0, 0.1) is 0 Å². The normalized spacial score (nSPS) is 10.2. The summed E-state index contributed by atoms with van der Waals surface area (Å²) in [6, 6.07) is 1.83. The van der Waals surface area contributed by atoms with Gasteiger partial charge in [-0.2, -0.15) is 9.97 Å². The Kier molecular flexibility index (Phi) is 5.16. The molecule has 18 heavy (non-hydrogen) atoms. The molecule has 1 amide bonds. The van der Waals surface area contributed by atoms with E-state index in [0.717, 1.165) is 6.54 Å². The van der Waals surface area contributed by atoms with Gasteiger partial charge in [-0.05, 0) is 20.8 Å². The van der Waals surface area contributed by atoms with Crippen LogP contribution in [0.1, 0.15) is 20.8 Å². The highest BCUT2D eigenvalue weighted by Gasteiger charge is 2.05. The molecule has 0 aliphatic carbocycles.